The van der Waals surface area contributed by atoms with Gasteiger partial charge in [-0.15, -0.1) is 11.3 Å². The van der Waals surface area contributed by atoms with Crippen molar-refractivity contribution in [2.45, 2.75) is 6.54 Å². The summed E-state index contributed by atoms with van der Waals surface area (Å²) < 4.78 is 1.16. The van der Waals surface area contributed by atoms with Crippen LogP contribution in [0, 0.1) is 0 Å². The molecule has 2 N–H and O–H groups in total. The van der Waals surface area contributed by atoms with Gasteiger partial charge in [-0.05, 0) is 18.2 Å². The van der Waals surface area contributed by atoms with Crippen LogP contribution >= 0.6 is 11.3 Å². The Morgan fingerprint density at radius 2 is 2.00 bits per heavy atom. The average molecular weight is 256 g/mol. The van der Waals surface area contributed by atoms with Gasteiger partial charge in [-0.25, -0.2) is 4.98 Å². The predicted molar refractivity (Wildman–Crippen MR) is 75.1 cm³/mol. The third kappa shape index (κ3) is 2.02. The van der Waals surface area contributed by atoms with Crippen LogP contribution in [0.2, 0.25) is 0 Å². The van der Waals surface area contributed by atoms with E-state index in [4.69, 9.17) is 0 Å². The SMILES string of the molecule is Oc1ccccc1CNc1cccc2scnc12. The lowest BCUT2D eigenvalue weighted by molar-refractivity contribution is 0.469. The third-order valence-electron chi connectivity index (χ3n) is 2.82. The molecule has 0 aliphatic rings. The zero-order valence-corrected chi connectivity index (χ0v) is 10.4. The van der Waals surface area contributed by atoms with Gasteiger partial charge in [0.15, 0.2) is 0 Å². The van der Waals surface area contributed by atoms with Crippen molar-refractivity contribution in [1.82, 2.24) is 4.98 Å². The lowest BCUT2D eigenvalue weighted by Crippen LogP contribution is -2.00. The molecule has 18 heavy (non-hydrogen) atoms. The van der Waals surface area contributed by atoms with Crippen LogP contribution in [0.5, 0.6) is 5.75 Å². The van der Waals surface area contributed by atoms with E-state index in [2.05, 4.69) is 16.4 Å². The number of nitrogens with one attached hydrogen (secondary N) is 1. The second kappa shape index (κ2) is 4.66. The fraction of sp³-hybridized carbons (Fsp3) is 0.0714. The van der Waals surface area contributed by atoms with Crippen LogP contribution in [0.4, 0.5) is 5.69 Å². The molecule has 0 aliphatic carbocycles. The molecule has 3 rings (SSSR count). The van der Waals surface area contributed by atoms with E-state index in [-0.39, 0.29) is 0 Å². The Morgan fingerprint density at radius 3 is 2.89 bits per heavy atom. The molecule has 2 aromatic carbocycles. The summed E-state index contributed by atoms with van der Waals surface area (Å²) in [6, 6.07) is 13.4. The quantitative estimate of drug-likeness (QED) is 0.752. The van der Waals surface area contributed by atoms with Crippen molar-refractivity contribution < 1.29 is 5.11 Å². The van der Waals surface area contributed by atoms with Crippen molar-refractivity contribution in [3.8, 4) is 5.75 Å². The van der Waals surface area contributed by atoms with Crippen LogP contribution in [0.1, 0.15) is 5.56 Å². The minimum Gasteiger partial charge on any atom is -0.508 e. The van der Waals surface area contributed by atoms with E-state index in [1.807, 2.05) is 35.8 Å². The van der Waals surface area contributed by atoms with Gasteiger partial charge in [-0.3, -0.25) is 0 Å². The standard InChI is InChI=1S/C14H12N2OS/c17-12-6-2-1-4-10(12)8-15-11-5-3-7-13-14(11)16-9-18-13/h1-7,9,15,17H,8H2. The Kier molecular flexibility index (Phi) is 2.86. The highest BCUT2D eigenvalue weighted by molar-refractivity contribution is 7.16. The highest BCUT2D eigenvalue weighted by Gasteiger charge is 2.04. The van der Waals surface area contributed by atoms with Crippen molar-refractivity contribution in [3.63, 3.8) is 0 Å². The number of aromatic hydroxyl groups is 1. The molecule has 0 radical (unpaired) electrons. The van der Waals surface area contributed by atoms with Gasteiger partial charge in [-0.1, -0.05) is 24.3 Å². The molecule has 3 nitrogen and oxygen atoms in total. The first-order chi connectivity index (χ1) is 8.84. The summed E-state index contributed by atoms with van der Waals surface area (Å²) in [5.74, 6) is 0.315. The number of anilines is 1. The van der Waals surface area contributed by atoms with Crippen LogP contribution in [-0.4, -0.2) is 10.1 Å². The van der Waals surface area contributed by atoms with Gasteiger partial charge in [0.1, 0.15) is 11.3 Å². The van der Waals surface area contributed by atoms with Crippen molar-refractivity contribution in [1.29, 1.82) is 0 Å². The predicted octanol–water partition coefficient (Wildman–Crippen LogP) is 3.61. The number of phenolic OH excluding ortho intramolecular Hbond substituents is 1. The first kappa shape index (κ1) is 11.0. The first-order valence-electron chi connectivity index (χ1n) is 5.67. The first-order valence-corrected chi connectivity index (χ1v) is 6.55. The number of para-hydroxylation sites is 2. The van der Waals surface area contributed by atoms with Crippen LogP contribution in [0.3, 0.4) is 0 Å². The average Bonchev–Trinajstić information content (AvgIpc) is 2.86. The van der Waals surface area contributed by atoms with Gasteiger partial charge in [-0.2, -0.15) is 0 Å². The van der Waals surface area contributed by atoms with Gasteiger partial charge in [0.25, 0.3) is 0 Å². The van der Waals surface area contributed by atoms with Crippen molar-refractivity contribution in [3.05, 3.63) is 53.5 Å². The highest BCUT2D eigenvalue weighted by Crippen LogP contribution is 2.26. The zero-order chi connectivity index (χ0) is 12.4. The maximum absolute atomic E-state index is 9.71. The number of aromatic nitrogens is 1. The molecule has 1 heterocycles. The summed E-state index contributed by atoms with van der Waals surface area (Å²) in [5, 5.41) is 13.0. The lowest BCUT2D eigenvalue weighted by atomic mass is 10.2. The molecule has 90 valence electrons. The topological polar surface area (TPSA) is 45.1 Å². The molecule has 4 heteroatoms. The van der Waals surface area contributed by atoms with Crippen LogP contribution in [-0.2, 0) is 6.54 Å². The normalized spacial score (nSPS) is 10.7. The summed E-state index contributed by atoms with van der Waals surface area (Å²) >= 11 is 1.63. The number of nitrogens with zero attached hydrogens (tertiary/aromatic N) is 1. The number of thiazole rings is 1. The molecule has 1 aromatic heterocycles. The van der Waals surface area contributed by atoms with Crippen LogP contribution < -0.4 is 5.32 Å². The Balaban J connectivity index is 1.85. The van der Waals surface area contributed by atoms with E-state index in [9.17, 15) is 5.11 Å². The van der Waals surface area contributed by atoms with Gasteiger partial charge in [0, 0.05) is 12.1 Å². The monoisotopic (exact) mass is 256 g/mol. The van der Waals surface area contributed by atoms with E-state index >= 15 is 0 Å². The third-order valence-corrected chi connectivity index (χ3v) is 3.62. The van der Waals surface area contributed by atoms with Crippen molar-refractivity contribution in [2.24, 2.45) is 0 Å². The molecule has 0 atom stereocenters. The Labute approximate surface area is 109 Å². The number of fused-ring (bicyclic) bond motifs is 1. The number of phenols is 1. The second-order valence-corrected chi connectivity index (χ2v) is 4.87. The summed E-state index contributed by atoms with van der Waals surface area (Å²) in [6.07, 6.45) is 0. The molecular weight excluding hydrogens is 244 g/mol. The summed E-state index contributed by atoms with van der Waals surface area (Å²) in [5.41, 5.74) is 4.70. The maximum Gasteiger partial charge on any atom is 0.120 e. The van der Waals surface area contributed by atoms with E-state index in [1.54, 1.807) is 17.4 Å². The highest BCUT2D eigenvalue weighted by atomic mass is 32.1. The smallest absolute Gasteiger partial charge is 0.120 e. The molecule has 0 unspecified atom stereocenters. The number of rotatable bonds is 3. The molecule has 0 bridgehead atoms. The largest absolute Gasteiger partial charge is 0.508 e. The van der Waals surface area contributed by atoms with Crippen LogP contribution in [0.15, 0.2) is 48.0 Å². The lowest BCUT2D eigenvalue weighted by Gasteiger charge is -2.08. The van der Waals surface area contributed by atoms with Crippen LogP contribution in [0.25, 0.3) is 10.2 Å². The minimum atomic E-state index is 0.315. The van der Waals surface area contributed by atoms with E-state index in [0.717, 1.165) is 21.5 Å². The van der Waals surface area contributed by atoms with Gasteiger partial charge >= 0.3 is 0 Å². The van der Waals surface area contributed by atoms with E-state index in [1.165, 1.54) is 0 Å². The minimum absolute atomic E-state index is 0.315. The van der Waals surface area contributed by atoms with Crippen molar-refractivity contribution in [2.75, 3.05) is 5.32 Å². The van der Waals surface area contributed by atoms with E-state index < -0.39 is 0 Å². The molecular formula is C14H12N2OS. The van der Waals surface area contributed by atoms with Gasteiger partial charge in [0.2, 0.25) is 0 Å². The fourth-order valence-corrected chi connectivity index (χ4v) is 2.58. The summed E-state index contributed by atoms with van der Waals surface area (Å²) in [4.78, 5) is 4.35. The molecule has 0 aliphatic heterocycles. The molecule has 0 saturated heterocycles. The zero-order valence-electron chi connectivity index (χ0n) is 9.63. The van der Waals surface area contributed by atoms with Gasteiger partial charge in [0.05, 0.1) is 15.9 Å². The fourth-order valence-electron chi connectivity index (χ4n) is 1.88. The number of hydrogen-bond acceptors (Lipinski definition) is 4. The Hall–Kier alpha value is -2.07. The van der Waals surface area contributed by atoms with Gasteiger partial charge < -0.3 is 10.4 Å². The molecule has 0 fully saturated rings. The Bertz CT molecular complexity index is 678. The molecule has 0 amide bonds. The summed E-state index contributed by atoms with van der Waals surface area (Å²) in [7, 11) is 0. The number of hydrogen-bond donors (Lipinski definition) is 2. The summed E-state index contributed by atoms with van der Waals surface area (Å²) in [6.45, 7) is 0.587. The van der Waals surface area contributed by atoms with E-state index in [0.29, 0.717) is 12.3 Å². The maximum atomic E-state index is 9.71. The second-order valence-electron chi connectivity index (χ2n) is 3.99. The molecule has 0 saturated carbocycles. The Morgan fingerprint density at radius 1 is 1.11 bits per heavy atom. The molecule has 3 aromatic rings. The van der Waals surface area contributed by atoms with Crippen molar-refractivity contribution >= 4 is 27.2 Å². The molecule has 0 spiro atoms. The number of benzene rings is 2.